The van der Waals surface area contributed by atoms with Crippen LogP contribution in [0.2, 0.25) is 5.02 Å². The van der Waals surface area contributed by atoms with E-state index in [-0.39, 0.29) is 12.1 Å². The van der Waals surface area contributed by atoms with Gasteiger partial charge in [0.25, 0.3) is 0 Å². The van der Waals surface area contributed by atoms with Gasteiger partial charge in [-0.05, 0) is 49.2 Å². The normalized spacial score (nSPS) is 16.8. The Hall–Kier alpha value is -2.97. The number of hydrogen-bond acceptors (Lipinski definition) is 6. The maximum absolute atomic E-state index is 11.2. The molecule has 0 spiro atoms. The molecule has 1 amide bonds. The van der Waals surface area contributed by atoms with E-state index >= 15 is 0 Å². The second-order valence-corrected chi connectivity index (χ2v) is 8.00. The quantitative estimate of drug-likeness (QED) is 0.628. The molecule has 156 valence electrons. The highest BCUT2D eigenvalue weighted by Gasteiger charge is 2.22. The lowest BCUT2D eigenvalue weighted by molar-refractivity contribution is -0.125. The molecule has 1 aromatic carbocycles. The molecule has 2 aromatic heterocycles. The first kappa shape index (κ1) is 20.3. The van der Waals surface area contributed by atoms with Gasteiger partial charge >= 0.3 is 0 Å². The third-order valence-corrected chi connectivity index (χ3v) is 5.32. The Labute approximate surface area is 179 Å². The van der Waals surface area contributed by atoms with Gasteiger partial charge in [-0.25, -0.2) is 9.67 Å². The molecule has 0 bridgehead atoms. The zero-order valence-corrected chi connectivity index (χ0v) is 17.6. The second kappa shape index (κ2) is 8.41. The fraction of sp³-hybridized carbons (Fsp3) is 0.333. The lowest BCUT2D eigenvalue weighted by atomic mass is 9.99. The molecule has 2 N–H and O–H groups in total. The molecule has 0 saturated carbocycles. The maximum Gasteiger partial charge on any atom is 0.209 e. The van der Waals surface area contributed by atoms with Gasteiger partial charge in [0.2, 0.25) is 6.41 Å². The maximum atomic E-state index is 11.2. The van der Waals surface area contributed by atoms with Crippen LogP contribution in [0.4, 0.5) is 5.82 Å². The topological polar surface area (TPSA) is 99.2 Å². The summed E-state index contributed by atoms with van der Waals surface area (Å²) >= 11 is 6.41. The number of carbonyl (C=O) groups is 1. The van der Waals surface area contributed by atoms with Crippen LogP contribution < -0.4 is 5.73 Å². The molecule has 3 heterocycles. The minimum absolute atomic E-state index is 0.195. The number of nitrogens with zero attached hydrogens (tertiary/aromatic N) is 5. The number of nitrogens with two attached hydrogens (primary N) is 1. The second-order valence-electron chi connectivity index (χ2n) is 7.57. The molecule has 1 saturated heterocycles. The Morgan fingerprint density at radius 2 is 2.10 bits per heavy atom. The highest BCUT2D eigenvalue weighted by Crippen LogP contribution is 2.33. The van der Waals surface area contributed by atoms with Gasteiger partial charge in [-0.3, -0.25) is 4.79 Å². The molecular formula is C21H23ClN6O2. The summed E-state index contributed by atoms with van der Waals surface area (Å²) in [5.41, 5.74) is 10.1. The van der Waals surface area contributed by atoms with E-state index in [4.69, 9.17) is 22.1 Å². The third kappa shape index (κ3) is 4.15. The van der Waals surface area contributed by atoms with Crippen molar-refractivity contribution < 1.29 is 9.53 Å². The first-order valence-electron chi connectivity index (χ1n) is 9.74. The van der Waals surface area contributed by atoms with Gasteiger partial charge < -0.3 is 15.4 Å². The van der Waals surface area contributed by atoms with Gasteiger partial charge in [0, 0.05) is 34.9 Å². The molecule has 0 radical (unpaired) electrons. The van der Waals surface area contributed by atoms with E-state index in [1.165, 1.54) is 0 Å². The number of morpholine rings is 1. The zero-order chi connectivity index (χ0) is 21.3. The SMILES string of the molecule is CC(C)n1cc(-c2cc(-c3cc(Cl)cc(C4CN(C=O)CCO4)c3)cnc2N)nn1. The third-order valence-electron chi connectivity index (χ3n) is 5.11. The Kier molecular flexibility index (Phi) is 5.69. The van der Waals surface area contributed by atoms with E-state index in [1.54, 1.807) is 15.8 Å². The van der Waals surface area contributed by atoms with E-state index in [9.17, 15) is 4.79 Å². The smallest absolute Gasteiger partial charge is 0.209 e. The predicted octanol–water partition coefficient (Wildman–Crippen LogP) is 3.35. The van der Waals surface area contributed by atoms with E-state index < -0.39 is 0 Å². The van der Waals surface area contributed by atoms with Gasteiger partial charge in [0.05, 0.1) is 19.3 Å². The van der Waals surface area contributed by atoms with Crippen molar-refractivity contribution in [2.45, 2.75) is 26.0 Å². The van der Waals surface area contributed by atoms with Crippen LogP contribution in [0.5, 0.6) is 0 Å². The molecule has 30 heavy (non-hydrogen) atoms. The summed E-state index contributed by atoms with van der Waals surface area (Å²) in [5.74, 6) is 0.383. The number of ether oxygens (including phenoxy) is 1. The number of amides is 1. The van der Waals surface area contributed by atoms with Gasteiger partial charge in [0.15, 0.2) is 0 Å². The van der Waals surface area contributed by atoms with E-state index in [0.29, 0.717) is 41.8 Å². The van der Waals surface area contributed by atoms with Gasteiger partial charge in [0.1, 0.15) is 17.6 Å². The van der Waals surface area contributed by atoms with Crippen molar-refractivity contribution in [1.82, 2.24) is 24.9 Å². The molecule has 3 aromatic rings. The molecule has 4 rings (SSSR count). The van der Waals surface area contributed by atoms with Crippen molar-refractivity contribution in [3.63, 3.8) is 0 Å². The summed E-state index contributed by atoms with van der Waals surface area (Å²) in [6.45, 7) is 5.64. The van der Waals surface area contributed by atoms with E-state index in [2.05, 4.69) is 15.3 Å². The summed E-state index contributed by atoms with van der Waals surface area (Å²) in [6.07, 6.45) is 4.19. The summed E-state index contributed by atoms with van der Waals surface area (Å²) in [4.78, 5) is 17.2. The number of rotatable bonds is 5. The Bertz CT molecular complexity index is 1070. The average Bonchev–Trinajstić information content (AvgIpc) is 3.24. The summed E-state index contributed by atoms with van der Waals surface area (Å²) < 4.78 is 7.64. The first-order valence-corrected chi connectivity index (χ1v) is 10.1. The summed E-state index contributed by atoms with van der Waals surface area (Å²) in [7, 11) is 0. The van der Waals surface area contributed by atoms with Crippen LogP contribution in [-0.2, 0) is 9.53 Å². The van der Waals surface area contributed by atoms with Crippen LogP contribution in [0.3, 0.4) is 0 Å². The molecule has 1 atom stereocenters. The van der Waals surface area contributed by atoms with Crippen LogP contribution in [0.25, 0.3) is 22.4 Å². The van der Waals surface area contributed by atoms with Gasteiger partial charge in [-0.2, -0.15) is 0 Å². The number of halogens is 1. The average molecular weight is 427 g/mol. The van der Waals surface area contributed by atoms with Crippen LogP contribution in [0.15, 0.2) is 36.7 Å². The zero-order valence-electron chi connectivity index (χ0n) is 16.8. The molecule has 9 heteroatoms. The minimum atomic E-state index is -0.228. The van der Waals surface area contributed by atoms with E-state index in [0.717, 1.165) is 23.1 Å². The van der Waals surface area contributed by atoms with Crippen molar-refractivity contribution in [2.75, 3.05) is 25.4 Å². The standard InChI is InChI=1S/C21H23ClN6O2/c1-13(2)28-10-19(25-26-28)18-8-16(9-24-21(18)23)14-5-15(7-17(22)6-14)20-11-27(12-29)3-4-30-20/h5-10,12-13,20H,3-4,11H2,1-2H3,(H2,23,24). The molecule has 1 aliphatic heterocycles. The monoisotopic (exact) mass is 426 g/mol. The highest BCUT2D eigenvalue weighted by atomic mass is 35.5. The predicted molar refractivity (Wildman–Crippen MR) is 115 cm³/mol. The lowest BCUT2D eigenvalue weighted by Gasteiger charge is -2.30. The molecular weight excluding hydrogens is 404 g/mol. The summed E-state index contributed by atoms with van der Waals surface area (Å²) in [6, 6.07) is 7.87. The number of carbonyl (C=O) groups excluding carboxylic acids is 1. The summed E-state index contributed by atoms with van der Waals surface area (Å²) in [5, 5.41) is 8.97. The van der Waals surface area contributed by atoms with Gasteiger partial charge in [-0.15, -0.1) is 5.10 Å². The first-order chi connectivity index (χ1) is 14.4. The fourth-order valence-corrected chi connectivity index (χ4v) is 3.67. The largest absolute Gasteiger partial charge is 0.383 e. The molecule has 8 nitrogen and oxygen atoms in total. The van der Waals surface area contributed by atoms with Crippen LogP contribution in [-0.4, -0.2) is 51.0 Å². The van der Waals surface area contributed by atoms with Crippen LogP contribution >= 0.6 is 11.6 Å². The number of pyridine rings is 1. The molecule has 1 unspecified atom stereocenters. The number of benzene rings is 1. The van der Waals surface area contributed by atoms with Crippen molar-refractivity contribution in [1.29, 1.82) is 0 Å². The minimum Gasteiger partial charge on any atom is -0.383 e. The van der Waals surface area contributed by atoms with Crippen molar-refractivity contribution in [3.8, 4) is 22.4 Å². The number of hydrogen-bond donors (Lipinski definition) is 1. The lowest BCUT2D eigenvalue weighted by Crippen LogP contribution is -2.37. The number of aromatic nitrogens is 4. The van der Waals surface area contributed by atoms with Crippen molar-refractivity contribution in [3.05, 3.63) is 47.2 Å². The van der Waals surface area contributed by atoms with E-state index in [1.807, 2.05) is 44.3 Å². The highest BCUT2D eigenvalue weighted by molar-refractivity contribution is 6.31. The fourth-order valence-electron chi connectivity index (χ4n) is 3.42. The Morgan fingerprint density at radius 1 is 1.27 bits per heavy atom. The Morgan fingerprint density at radius 3 is 2.83 bits per heavy atom. The van der Waals surface area contributed by atoms with Gasteiger partial charge in [-0.1, -0.05) is 16.8 Å². The van der Waals surface area contributed by atoms with Crippen molar-refractivity contribution in [2.24, 2.45) is 0 Å². The number of anilines is 1. The van der Waals surface area contributed by atoms with Crippen LogP contribution in [0, 0.1) is 0 Å². The number of nitrogen functional groups attached to an aromatic ring is 1. The molecule has 0 aliphatic carbocycles. The Balaban J connectivity index is 1.70. The molecule has 1 aliphatic rings. The molecule has 1 fully saturated rings. The van der Waals surface area contributed by atoms with Crippen LogP contribution in [0.1, 0.15) is 31.6 Å². The van der Waals surface area contributed by atoms with Crippen molar-refractivity contribution >= 4 is 23.8 Å².